The summed E-state index contributed by atoms with van der Waals surface area (Å²) in [5.74, 6) is 0.0717. The highest BCUT2D eigenvalue weighted by molar-refractivity contribution is 7.90. The molecule has 0 saturated heterocycles. The standard InChI is InChI=1S/C11H23NO3S/c1-16(14,15)10-8-6-4-2-3-5-7-9-11(12)13/h2-10H2,1H3,(H2,12,13). The van der Waals surface area contributed by atoms with Crippen LogP contribution in [0.15, 0.2) is 0 Å². The number of primary amides is 1. The van der Waals surface area contributed by atoms with Crippen LogP contribution in [-0.4, -0.2) is 26.3 Å². The fourth-order valence-corrected chi connectivity index (χ4v) is 2.28. The van der Waals surface area contributed by atoms with Gasteiger partial charge in [0, 0.05) is 18.4 Å². The maximum atomic E-state index is 10.8. The van der Waals surface area contributed by atoms with E-state index in [1.165, 1.54) is 6.26 Å². The van der Waals surface area contributed by atoms with Gasteiger partial charge in [-0.2, -0.15) is 0 Å². The number of carbonyl (C=O) groups excluding carboxylic acids is 1. The molecule has 0 spiro atoms. The maximum Gasteiger partial charge on any atom is 0.217 e. The lowest BCUT2D eigenvalue weighted by Gasteiger charge is -2.01. The van der Waals surface area contributed by atoms with Crippen LogP contribution in [0.3, 0.4) is 0 Å². The van der Waals surface area contributed by atoms with Gasteiger partial charge in [-0.25, -0.2) is 8.42 Å². The van der Waals surface area contributed by atoms with E-state index >= 15 is 0 Å². The molecule has 0 saturated carbocycles. The van der Waals surface area contributed by atoms with Gasteiger partial charge in [-0.1, -0.05) is 32.1 Å². The Labute approximate surface area is 98.5 Å². The maximum absolute atomic E-state index is 10.8. The normalized spacial score (nSPS) is 11.6. The van der Waals surface area contributed by atoms with Crippen molar-refractivity contribution in [2.45, 2.75) is 51.4 Å². The van der Waals surface area contributed by atoms with Crippen molar-refractivity contribution in [3.63, 3.8) is 0 Å². The molecule has 0 rings (SSSR count). The van der Waals surface area contributed by atoms with Crippen LogP contribution in [0.4, 0.5) is 0 Å². The van der Waals surface area contributed by atoms with Gasteiger partial charge in [0.05, 0.1) is 0 Å². The molecule has 0 radical (unpaired) electrons. The quantitative estimate of drug-likeness (QED) is 0.598. The Hall–Kier alpha value is -0.580. The summed E-state index contributed by atoms with van der Waals surface area (Å²) in [6, 6.07) is 0. The molecule has 0 heterocycles. The van der Waals surface area contributed by atoms with Gasteiger partial charge in [-0.3, -0.25) is 4.79 Å². The highest BCUT2D eigenvalue weighted by Gasteiger charge is 2.00. The summed E-state index contributed by atoms with van der Waals surface area (Å²) in [7, 11) is -2.79. The van der Waals surface area contributed by atoms with E-state index < -0.39 is 9.84 Å². The largest absolute Gasteiger partial charge is 0.370 e. The molecule has 0 fully saturated rings. The second kappa shape index (κ2) is 8.56. The van der Waals surface area contributed by atoms with E-state index in [-0.39, 0.29) is 5.91 Å². The predicted molar refractivity (Wildman–Crippen MR) is 65.8 cm³/mol. The predicted octanol–water partition coefficient (Wildman–Crippen LogP) is 1.64. The van der Waals surface area contributed by atoms with Gasteiger partial charge in [-0.05, 0) is 12.8 Å². The number of hydrogen-bond acceptors (Lipinski definition) is 3. The lowest BCUT2D eigenvalue weighted by molar-refractivity contribution is -0.118. The van der Waals surface area contributed by atoms with Crippen molar-refractivity contribution in [2.24, 2.45) is 5.73 Å². The minimum Gasteiger partial charge on any atom is -0.370 e. The average Bonchev–Trinajstić information content (AvgIpc) is 2.13. The molecule has 1 amide bonds. The first kappa shape index (κ1) is 15.4. The highest BCUT2D eigenvalue weighted by Crippen LogP contribution is 2.08. The Morgan fingerprint density at radius 1 is 0.938 bits per heavy atom. The first-order chi connectivity index (χ1) is 7.42. The first-order valence-corrected chi connectivity index (χ1v) is 7.94. The summed E-state index contributed by atoms with van der Waals surface area (Å²) in [5.41, 5.74) is 5.02. The van der Waals surface area contributed by atoms with E-state index in [2.05, 4.69) is 0 Å². The molecule has 16 heavy (non-hydrogen) atoms. The van der Waals surface area contributed by atoms with Crippen molar-refractivity contribution < 1.29 is 13.2 Å². The van der Waals surface area contributed by atoms with Crippen LogP contribution in [-0.2, 0) is 14.6 Å². The first-order valence-electron chi connectivity index (χ1n) is 5.88. The number of sulfone groups is 1. The molecule has 0 aromatic carbocycles. The molecule has 0 aliphatic rings. The van der Waals surface area contributed by atoms with E-state index in [4.69, 9.17) is 5.73 Å². The van der Waals surface area contributed by atoms with Crippen molar-refractivity contribution in [3.05, 3.63) is 0 Å². The number of rotatable bonds is 10. The molecule has 0 bridgehead atoms. The minimum absolute atomic E-state index is 0.229. The molecule has 0 atom stereocenters. The number of nitrogens with two attached hydrogens (primary N) is 1. The number of unbranched alkanes of at least 4 members (excludes halogenated alkanes) is 6. The van der Waals surface area contributed by atoms with Crippen LogP contribution < -0.4 is 5.73 Å². The Morgan fingerprint density at radius 2 is 1.38 bits per heavy atom. The lowest BCUT2D eigenvalue weighted by Crippen LogP contribution is -2.09. The topological polar surface area (TPSA) is 77.2 Å². The molecule has 2 N–H and O–H groups in total. The Balaban J connectivity index is 3.13. The summed E-state index contributed by atoms with van der Waals surface area (Å²) in [4.78, 5) is 10.4. The number of amides is 1. The van der Waals surface area contributed by atoms with Crippen LogP contribution >= 0.6 is 0 Å². The molecular formula is C11H23NO3S. The van der Waals surface area contributed by atoms with Crippen molar-refractivity contribution in [2.75, 3.05) is 12.0 Å². The minimum atomic E-state index is -2.79. The van der Waals surface area contributed by atoms with Gasteiger partial charge in [-0.15, -0.1) is 0 Å². The van der Waals surface area contributed by atoms with Crippen molar-refractivity contribution in [1.82, 2.24) is 0 Å². The number of carbonyl (C=O) groups is 1. The van der Waals surface area contributed by atoms with Gasteiger partial charge in [0.1, 0.15) is 9.84 Å². The van der Waals surface area contributed by atoms with Gasteiger partial charge >= 0.3 is 0 Å². The Kier molecular flexibility index (Phi) is 8.25. The van der Waals surface area contributed by atoms with Gasteiger partial charge in [0.25, 0.3) is 0 Å². The van der Waals surface area contributed by atoms with E-state index in [9.17, 15) is 13.2 Å². The number of hydrogen-bond donors (Lipinski definition) is 1. The average molecular weight is 249 g/mol. The molecule has 4 nitrogen and oxygen atoms in total. The third kappa shape index (κ3) is 13.4. The molecule has 0 aromatic rings. The smallest absolute Gasteiger partial charge is 0.217 e. The van der Waals surface area contributed by atoms with E-state index in [1.807, 2.05) is 0 Å². The van der Waals surface area contributed by atoms with Gasteiger partial charge in [0.15, 0.2) is 0 Å². The Morgan fingerprint density at radius 3 is 1.81 bits per heavy atom. The summed E-state index contributed by atoms with van der Waals surface area (Å²) >= 11 is 0. The van der Waals surface area contributed by atoms with E-state index in [0.717, 1.165) is 44.9 Å². The fourth-order valence-electron chi connectivity index (χ4n) is 1.55. The molecule has 5 heteroatoms. The summed E-state index contributed by atoms with van der Waals surface area (Å²) in [5, 5.41) is 0. The third-order valence-electron chi connectivity index (χ3n) is 2.44. The zero-order chi connectivity index (χ0) is 12.4. The van der Waals surface area contributed by atoms with Crippen LogP contribution in [0.2, 0.25) is 0 Å². The van der Waals surface area contributed by atoms with Crippen LogP contribution in [0, 0.1) is 0 Å². The SMILES string of the molecule is CS(=O)(=O)CCCCCCCCCC(N)=O. The lowest BCUT2D eigenvalue weighted by atomic mass is 10.1. The van der Waals surface area contributed by atoms with Gasteiger partial charge < -0.3 is 5.73 Å². The Bertz CT molecular complexity index is 286. The summed E-state index contributed by atoms with van der Waals surface area (Å²) < 4.78 is 21.7. The molecule has 0 aliphatic heterocycles. The summed E-state index contributed by atoms with van der Waals surface area (Å²) in [6.07, 6.45) is 8.70. The zero-order valence-electron chi connectivity index (χ0n) is 10.1. The summed E-state index contributed by atoms with van der Waals surface area (Å²) in [6.45, 7) is 0. The van der Waals surface area contributed by atoms with E-state index in [1.54, 1.807) is 0 Å². The monoisotopic (exact) mass is 249 g/mol. The van der Waals surface area contributed by atoms with E-state index in [0.29, 0.717) is 12.2 Å². The van der Waals surface area contributed by atoms with Gasteiger partial charge in [0.2, 0.25) is 5.91 Å². The fraction of sp³-hybridized carbons (Fsp3) is 0.909. The van der Waals surface area contributed by atoms with Crippen molar-refractivity contribution >= 4 is 15.7 Å². The molecule has 0 aliphatic carbocycles. The highest BCUT2D eigenvalue weighted by atomic mass is 32.2. The van der Waals surface area contributed by atoms with Crippen molar-refractivity contribution in [1.29, 1.82) is 0 Å². The van der Waals surface area contributed by atoms with Crippen molar-refractivity contribution in [3.8, 4) is 0 Å². The third-order valence-corrected chi connectivity index (χ3v) is 3.47. The molecule has 96 valence electrons. The molecule has 0 unspecified atom stereocenters. The zero-order valence-corrected chi connectivity index (χ0v) is 10.9. The van der Waals surface area contributed by atoms with Crippen LogP contribution in [0.5, 0.6) is 0 Å². The molecular weight excluding hydrogens is 226 g/mol. The van der Waals surface area contributed by atoms with Crippen LogP contribution in [0.25, 0.3) is 0 Å². The molecule has 0 aromatic heterocycles. The van der Waals surface area contributed by atoms with Crippen LogP contribution in [0.1, 0.15) is 51.4 Å². The second-order valence-corrected chi connectivity index (χ2v) is 6.58. The second-order valence-electron chi connectivity index (χ2n) is 4.32.